The summed E-state index contributed by atoms with van der Waals surface area (Å²) in [6.07, 6.45) is -2.28. The van der Waals surface area contributed by atoms with Gasteiger partial charge in [-0.1, -0.05) is 60.3 Å². The summed E-state index contributed by atoms with van der Waals surface area (Å²) in [6.45, 7) is 0. The molecule has 1 aliphatic heterocycles. The average Bonchev–Trinajstić information content (AvgIpc) is 2.79. The van der Waals surface area contributed by atoms with Gasteiger partial charge in [-0.05, 0) is 35.4 Å². The van der Waals surface area contributed by atoms with Crippen molar-refractivity contribution < 1.29 is 18.0 Å². The minimum absolute atomic E-state index is 0.111. The lowest BCUT2D eigenvalue weighted by Crippen LogP contribution is -2.21. The maximum absolute atomic E-state index is 12.8. The first kappa shape index (κ1) is 19.4. The van der Waals surface area contributed by atoms with Crippen molar-refractivity contribution in [3.8, 4) is 11.1 Å². The first-order valence-corrected chi connectivity index (χ1v) is 9.09. The second-order valence-electron chi connectivity index (χ2n) is 6.58. The number of hydrogen-bond donors (Lipinski definition) is 0. The van der Waals surface area contributed by atoms with Gasteiger partial charge in [-0.2, -0.15) is 18.3 Å². The summed E-state index contributed by atoms with van der Waals surface area (Å²) in [6, 6.07) is 22.1. The highest BCUT2D eigenvalue weighted by molar-refractivity contribution is 6.10. The number of carbonyl (C=O) groups is 1. The van der Waals surface area contributed by atoms with Crippen LogP contribution in [0.3, 0.4) is 0 Å². The highest BCUT2D eigenvalue weighted by Gasteiger charge is 2.30. The second kappa shape index (κ2) is 7.85. The molecule has 30 heavy (non-hydrogen) atoms. The molecule has 1 aliphatic rings. The van der Waals surface area contributed by atoms with E-state index in [9.17, 15) is 18.0 Å². The molecule has 0 amide bonds. The van der Waals surface area contributed by atoms with Crippen LogP contribution in [-0.4, -0.2) is 12.0 Å². The summed E-state index contributed by atoms with van der Waals surface area (Å²) >= 11 is 0. The summed E-state index contributed by atoms with van der Waals surface area (Å²) in [5, 5.41) is 5.74. The highest BCUT2D eigenvalue weighted by Crippen LogP contribution is 2.31. The molecular formula is C24H15F3N2O. The predicted octanol–water partition coefficient (Wildman–Crippen LogP) is 5.83. The van der Waals surface area contributed by atoms with E-state index in [-0.39, 0.29) is 5.70 Å². The van der Waals surface area contributed by atoms with Crippen molar-refractivity contribution in [2.45, 2.75) is 6.18 Å². The number of hydrogen-bond acceptors (Lipinski definition) is 3. The molecule has 0 spiro atoms. The number of allylic oxidation sites excluding steroid dienone is 1. The number of nitrogens with zero attached hydrogens (tertiary/aromatic N) is 2. The van der Waals surface area contributed by atoms with Gasteiger partial charge in [0.2, 0.25) is 0 Å². The van der Waals surface area contributed by atoms with Gasteiger partial charge in [0.1, 0.15) is 5.70 Å². The summed E-state index contributed by atoms with van der Waals surface area (Å²) < 4.78 is 38.5. The highest BCUT2D eigenvalue weighted by atomic mass is 19.4. The van der Waals surface area contributed by atoms with Crippen LogP contribution in [0.5, 0.6) is 0 Å². The largest absolute Gasteiger partial charge is 0.416 e. The van der Waals surface area contributed by atoms with Crippen molar-refractivity contribution in [3.63, 3.8) is 0 Å². The van der Waals surface area contributed by atoms with Gasteiger partial charge in [-0.3, -0.25) is 4.79 Å². The molecule has 3 aromatic rings. The minimum atomic E-state index is -4.43. The number of benzene rings is 3. The van der Waals surface area contributed by atoms with E-state index in [1.165, 1.54) is 17.1 Å². The molecule has 148 valence electrons. The first-order chi connectivity index (χ1) is 14.5. The molecule has 1 heterocycles. The van der Waals surface area contributed by atoms with Crippen molar-refractivity contribution in [2.75, 3.05) is 5.01 Å². The van der Waals surface area contributed by atoms with Gasteiger partial charge in [0.25, 0.3) is 0 Å². The van der Waals surface area contributed by atoms with Gasteiger partial charge in [0.15, 0.2) is 6.29 Å². The maximum atomic E-state index is 12.8. The Morgan fingerprint density at radius 3 is 2.00 bits per heavy atom. The van der Waals surface area contributed by atoms with E-state index in [1.54, 1.807) is 6.08 Å². The molecule has 4 rings (SSSR count). The third-order valence-electron chi connectivity index (χ3n) is 4.63. The predicted molar refractivity (Wildman–Crippen MR) is 110 cm³/mol. The van der Waals surface area contributed by atoms with E-state index in [1.807, 2.05) is 54.6 Å². The van der Waals surface area contributed by atoms with Crippen LogP contribution in [0.4, 0.5) is 18.9 Å². The summed E-state index contributed by atoms with van der Waals surface area (Å²) in [5.41, 5.74) is 6.00. The quantitative estimate of drug-likeness (QED) is 0.405. The van der Waals surface area contributed by atoms with E-state index in [0.29, 0.717) is 17.7 Å². The Bertz CT molecular complexity index is 1160. The van der Waals surface area contributed by atoms with E-state index < -0.39 is 11.7 Å². The van der Waals surface area contributed by atoms with Gasteiger partial charge < -0.3 is 0 Å². The normalized spacial score (nSPS) is 13.6. The zero-order valence-corrected chi connectivity index (χ0v) is 15.6. The van der Waals surface area contributed by atoms with Crippen LogP contribution in [0, 0.1) is 0 Å². The van der Waals surface area contributed by atoms with Gasteiger partial charge in [-0.15, -0.1) is 0 Å². The molecule has 0 radical (unpaired) electrons. The Morgan fingerprint density at radius 1 is 0.800 bits per heavy atom. The molecule has 6 heteroatoms. The van der Waals surface area contributed by atoms with E-state index >= 15 is 0 Å². The summed E-state index contributed by atoms with van der Waals surface area (Å²) in [4.78, 5) is 11.4. The zero-order valence-electron chi connectivity index (χ0n) is 15.6. The zero-order chi connectivity index (χ0) is 21.1. The van der Waals surface area contributed by atoms with Crippen LogP contribution < -0.4 is 5.01 Å². The fourth-order valence-electron chi connectivity index (χ4n) is 3.07. The van der Waals surface area contributed by atoms with E-state index in [4.69, 9.17) is 0 Å². The Hall–Kier alpha value is -3.89. The second-order valence-corrected chi connectivity index (χ2v) is 6.58. The smallest absolute Gasteiger partial charge is 0.295 e. The summed E-state index contributed by atoms with van der Waals surface area (Å²) in [5.74, 6) is 0. The number of rotatable bonds is 4. The van der Waals surface area contributed by atoms with E-state index in [2.05, 4.69) is 10.8 Å². The Morgan fingerprint density at radius 2 is 1.40 bits per heavy atom. The molecule has 3 nitrogen and oxygen atoms in total. The average molecular weight is 404 g/mol. The molecule has 0 unspecified atom stereocenters. The SMILES string of the molecule is O=CC1=C=CC(c2ccc(-c3ccccc3)cc2)=NN1c1ccc(C(F)(F)F)cc1. The van der Waals surface area contributed by atoms with Crippen molar-refractivity contribution >= 4 is 17.7 Å². The van der Waals surface area contributed by atoms with Crippen LogP contribution in [-0.2, 0) is 11.0 Å². The molecule has 0 saturated carbocycles. The number of alkyl halides is 3. The van der Waals surface area contributed by atoms with Crippen LogP contribution in [0.1, 0.15) is 11.1 Å². The van der Waals surface area contributed by atoms with E-state index in [0.717, 1.165) is 28.8 Å². The number of anilines is 1. The fourth-order valence-corrected chi connectivity index (χ4v) is 3.07. The molecule has 3 aromatic carbocycles. The number of hydrazone groups is 1. The lowest BCUT2D eigenvalue weighted by Gasteiger charge is -2.21. The summed E-state index contributed by atoms with van der Waals surface area (Å²) in [7, 11) is 0. The third-order valence-corrected chi connectivity index (χ3v) is 4.63. The fraction of sp³-hybridized carbons (Fsp3) is 0.0417. The van der Waals surface area contributed by atoms with Gasteiger partial charge in [0, 0.05) is 11.6 Å². The van der Waals surface area contributed by atoms with Gasteiger partial charge >= 0.3 is 6.18 Å². The van der Waals surface area contributed by atoms with Crippen molar-refractivity contribution in [2.24, 2.45) is 5.10 Å². The van der Waals surface area contributed by atoms with Crippen molar-refractivity contribution in [1.82, 2.24) is 0 Å². The number of carbonyl (C=O) groups excluding carboxylic acids is 1. The molecule has 0 aromatic heterocycles. The molecule has 0 atom stereocenters. The Labute approximate surface area is 171 Å². The van der Waals surface area contributed by atoms with Crippen LogP contribution in [0.2, 0.25) is 0 Å². The number of halogens is 3. The monoisotopic (exact) mass is 404 g/mol. The Balaban J connectivity index is 1.66. The standard InChI is InChI=1S/C24H15F3N2O/c25-24(26,27)20-10-12-21(13-11-20)29-22(16-30)14-15-23(28-29)19-8-6-18(7-9-19)17-4-2-1-3-5-17/h1-13,15-16H. The lowest BCUT2D eigenvalue weighted by molar-refractivity contribution is -0.137. The van der Waals surface area contributed by atoms with Crippen LogP contribution in [0.25, 0.3) is 11.1 Å². The molecule has 0 bridgehead atoms. The van der Waals surface area contributed by atoms with Crippen LogP contribution in [0.15, 0.2) is 101 Å². The van der Waals surface area contributed by atoms with Crippen LogP contribution >= 0.6 is 0 Å². The van der Waals surface area contributed by atoms with Crippen molar-refractivity contribution in [3.05, 3.63) is 107 Å². The van der Waals surface area contributed by atoms with Gasteiger partial charge in [0.05, 0.1) is 17.0 Å². The molecular weight excluding hydrogens is 389 g/mol. The van der Waals surface area contributed by atoms with Crippen molar-refractivity contribution in [1.29, 1.82) is 0 Å². The third kappa shape index (κ3) is 3.95. The molecule has 0 N–H and O–H groups in total. The topological polar surface area (TPSA) is 32.7 Å². The minimum Gasteiger partial charge on any atom is -0.295 e. The molecule has 0 aliphatic carbocycles. The molecule has 0 saturated heterocycles. The first-order valence-electron chi connectivity index (χ1n) is 9.09. The lowest BCUT2D eigenvalue weighted by atomic mass is 10.0. The maximum Gasteiger partial charge on any atom is 0.416 e. The molecule has 0 fully saturated rings. The Kier molecular flexibility index (Phi) is 5.09. The van der Waals surface area contributed by atoms with Gasteiger partial charge in [-0.25, -0.2) is 5.01 Å². The number of aldehydes is 1.